The molecule has 1 aliphatic rings. The van der Waals surface area contributed by atoms with Crippen molar-refractivity contribution in [2.24, 2.45) is 17.6 Å². The highest BCUT2D eigenvalue weighted by Crippen LogP contribution is 2.16. The summed E-state index contributed by atoms with van der Waals surface area (Å²) in [5.74, 6) is 0.462. The molecule has 13 heavy (non-hydrogen) atoms. The minimum Gasteiger partial charge on any atom is -0.396 e. The minimum absolute atomic E-state index is 0.0136. The molecule has 0 aliphatic carbocycles. The molecule has 0 spiro atoms. The zero-order valence-electron chi connectivity index (χ0n) is 8.23. The highest BCUT2D eigenvalue weighted by atomic mass is 16.3. The molecule has 76 valence electrons. The van der Waals surface area contributed by atoms with Gasteiger partial charge in [0.15, 0.2) is 0 Å². The summed E-state index contributed by atoms with van der Waals surface area (Å²) >= 11 is 0. The van der Waals surface area contributed by atoms with E-state index in [9.17, 15) is 4.79 Å². The Morgan fingerprint density at radius 2 is 2.15 bits per heavy atom. The topological polar surface area (TPSA) is 66.6 Å². The number of hydrogen-bond donors (Lipinski definition) is 2. The normalized spacial score (nSPS) is 20.2. The predicted molar refractivity (Wildman–Crippen MR) is 50.0 cm³/mol. The summed E-state index contributed by atoms with van der Waals surface area (Å²) in [7, 11) is 0. The first-order valence-corrected chi connectivity index (χ1v) is 4.71. The number of amides is 1. The van der Waals surface area contributed by atoms with Crippen LogP contribution in [0.2, 0.25) is 0 Å². The van der Waals surface area contributed by atoms with Gasteiger partial charge in [-0.05, 0) is 5.92 Å². The van der Waals surface area contributed by atoms with Crippen LogP contribution in [0.25, 0.3) is 0 Å². The third-order valence-electron chi connectivity index (χ3n) is 2.53. The van der Waals surface area contributed by atoms with Gasteiger partial charge in [0, 0.05) is 25.6 Å². The molecule has 0 aromatic carbocycles. The molecule has 4 heteroatoms. The van der Waals surface area contributed by atoms with Crippen molar-refractivity contribution >= 4 is 5.91 Å². The molecular weight excluding hydrogens is 168 g/mol. The van der Waals surface area contributed by atoms with Crippen molar-refractivity contribution in [1.82, 2.24) is 4.90 Å². The van der Waals surface area contributed by atoms with Crippen molar-refractivity contribution in [3.05, 3.63) is 0 Å². The van der Waals surface area contributed by atoms with Gasteiger partial charge in [-0.15, -0.1) is 0 Å². The first-order valence-electron chi connectivity index (χ1n) is 4.71. The molecule has 1 aliphatic heterocycles. The highest BCUT2D eigenvalue weighted by Gasteiger charge is 2.33. The van der Waals surface area contributed by atoms with Crippen LogP contribution in [0.15, 0.2) is 0 Å². The van der Waals surface area contributed by atoms with E-state index in [1.54, 1.807) is 4.90 Å². The van der Waals surface area contributed by atoms with Gasteiger partial charge in [-0.1, -0.05) is 13.8 Å². The molecule has 0 aromatic heterocycles. The lowest BCUT2D eigenvalue weighted by Gasteiger charge is -2.40. The highest BCUT2D eigenvalue weighted by molar-refractivity contribution is 5.82. The molecule has 0 unspecified atom stereocenters. The average Bonchev–Trinajstić information content (AvgIpc) is 2.00. The zero-order valence-corrected chi connectivity index (χ0v) is 8.23. The van der Waals surface area contributed by atoms with Gasteiger partial charge in [0.05, 0.1) is 6.04 Å². The van der Waals surface area contributed by atoms with E-state index < -0.39 is 0 Å². The van der Waals surface area contributed by atoms with E-state index in [0.29, 0.717) is 13.1 Å². The van der Waals surface area contributed by atoms with Crippen molar-refractivity contribution in [1.29, 1.82) is 0 Å². The lowest BCUT2D eigenvalue weighted by Crippen LogP contribution is -2.57. The maximum atomic E-state index is 11.5. The Bertz CT molecular complexity index is 188. The number of carbonyl (C=O) groups excluding carboxylic acids is 1. The summed E-state index contributed by atoms with van der Waals surface area (Å²) in [6.07, 6.45) is 0. The molecule has 0 aromatic rings. The maximum Gasteiger partial charge on any atom is 0.239 e. The fraction of sp³-hybridized carbons (Fsp3) is 0.889. The fourth-order valence-corrected chi connectivity index (χ4v) is 1.36. The van der Waals surface area contributed by atoms with Crippen LogP contribution in [0, 0.1) is 11.8 Å². The van der Waals surface area contributed by atoms with E-state index in [-0.39, 0.29) is 30.4 Å². The van der Waals surface area contributed by atoms with E-state index in [2.05, 4.69) is 0 Å². The second-order valence-electron chi connectivity index (χ2n) is 4.06. The molecule has 0 radical (unpaired) electrons. The largest absolute Gasteiger partial charge is 0.396 e. The van der Waals surface area contributed by atoms with E-state index >= 15 is 0 Å². The molecule has 1 fully saturated rings. The SMILES string of the molecule is CC(C)[C@H](N)C(=O)N1CC(CO)C1. The lowest BCUT2D eigenvalue weighted by atomic mass is 9.97. The van der Waals surface area contributed by atoms with Gasteiger partial charge in [0.25, 0.3) is 0 Å². The van der Waals surface area contributed by atoms with Crippen molar-refractivity contribution in [3.8, 4) is 0 Å². The van der Waals surface area contributed by atoms with E-state index in [0.717, 1.165) is 0 Å². The Labute approximate surface area is 78.7 Å². The van der Waals surface area contributed by atoms with Gasteiger partial charge in [-0.25, -0.2) is 0 Å². The second kappa shape index (κ2) is 4.07. The number of aliphatic hydroxyl groups is 1. The van der Waals surface area contributed by atoms with Crippen LogP contribution in [-0.4, -0.2) is 41.7 Å². The van der Waals surface area contributed by atoms with E-state index in [4.69, 9.17) is 10.8 Å². The standard InChI is InChI=1S/C9H18N2O2/c1-6(2)8(10)9(13)11-3-7(4-11)5-12/h6-8,12H,3-5,10H2,1-2H3/t8-/m0/s1. The quantitative estimate of drug-likeness (QED) is 0.619. The summed E-state index contributed by atoms with van der Waals surface area (Å²) in [5.41, 5.74) is 5.70. The minimum atomic E-state index is -0.389. The van der Waals surface area contributed by atoms with Crippen LogP contribution in [0.4, 0.5) is 0 Å². The molecular formula is C9H18N2O2. The monoisotopic (exact) mass is 186 g/mol. The van der Waals surface area contributed by atoms with Gasteiger partial charge >= 0.3 is 0 Å². The van der Waals surface area contributed by atoms with Crippen molar-refractivity contribution < 1.29 is 9.90 Å². The van der Waals surface area contributed by atoms with Crippen molar-refractivity contribution in [2.45, 2.75) is 19.9 Å². The van der Waals surface area contributed by atoms with E-state index in [1.807, 2.05) is 13.8 Å². The lowest BCUT2D eigenvalue weighted by molar-refractivity contribution is -0.140. The number of nitrogens with two attached hydrogens (primary N) is 1. The number of hydrogen-bond acceptors (Lipinski definition) is 3. The molecule has 0 bridgehead atoms. The molecule has 1 atom stereocenters. The Balaban J connectivity index is 2.34. The molecule has 1 rings (SSSR count). The third-order valence-corrected chi connectivity index (χ3v) is 2.53. The van der Waals surface area contributed by atoms with Crippen LogP contribution >= 0.6 is 0 Å². The molecule has 0 saturated carbocycles. The van der Waals surface area contributed by atoms with Crippen LogP contribution in [-0.2, 0) is 4.79 Å². The zero-order chi connectivity index (χ0) is 10.0. The summed E-state index contributed by atoms with van der Waals surface area (Å²) in [6, 6.07) is -0.389. The molecule has 4 nitrogen and oxygen atoms in total. The second-order valence-corrected chi connectivity index (χ2v) is 4.06. The molecule has 3 N–H and O–H groups in total. The molecule has 1 saturated heterocycles. The smallest absolute Gasteiger partial charge is 0.239 e. The average molecular weight is 186 g/mol. The fourth-order valence-electron chi connectivity index (χ4n) is 1.36. The van der Waals surface area contributed by atoms with Gasteiger partial charge in [0.2, 0.25) is 5.91 Å². The van der Waals surface area contributed by atoms with Gasteiger partial charge < -0.3 is 15.7 Å². The first kappa shape index (κ1) is 10.5. The summed E-state index contributed by atoms with van der Waals surface area (Å²) < 4.78 is 0. The van der Waals surface area contributed by atoms with Crippen LogP contribution in [0.5, 0.6) is 0 Å². The van der Waals surface area contributed by atoms with Crippen molar-refractivity contribution in [3.63, 3.8) is 0 Å². The van der Waals surface area contributed by atoms with Crippen molar-refractivity contribution in [2.75, 3.05) is 19.7 Å². The number of likely N-dealkylation sites (tertiary alicyclic amines) is 1. The maximum absolute atomic E-state index is 11.5. The van der Waals surface area contributed by atoms with Crippen LogP contribution in [0.3, 0.4) is 0 Å². The third kappa shape index (κ3) is 2.19. The summed E-state index contributed by atoms with van der Waals surface area (Å²) in [5, 5.41) is 8.76. The van der Waals surface area contributed by atoms with Gasteiger partial charge in [0.1, 0.15) is 0 Å². The summed E-state index contributed by atoms with van der Waals surface area (Å²) in [4.78, 5) is 13.3. The van der Waals surface area contributed by atoms with Crippen LogP contribution in [0.1, 0.15) is 13.8 Å². The number of rotatable bonds is 3. The number of aliphatic hydroxyl groups excluding tert-OH is 1. The Morgan fingerprint density at radius 1 is 1.62 bits per heavy atom. The first-order chi connectivity index (χ1) is 6.06. The van der Waals surface area contributed by atoms with Gasteiger partial charge in [-0.3, -0.25) is 4.79 Å². The van der Waals surface area contributed by atoms with Gasteiger partial charge in [-0.2, -0.15) is 0 Å². The van der Waals surface area contributed by atoms with E-state index in [1.165, 1.54) is 0 Å². The summed E-state index contributed by atoms with van der Waals surface area (Å²) in [6.45, 7) is 5.37. The Hall–Kier alpha value is -0.610. The number of nitrogens with zero attached hydrogens (tertiary/aromatic N) is 1. The van der Waals surface area contributed by atoms with Crippen LogP contribution < -0.4 is 5.73 Å². The predicted octanol–water partition coefficient (Wildman–Crippen LogP) is -0.580. The Morgan fingerprint density at radius 3 is 2.54 bits per heavy atom. The molecule has 1 amide bonds. The number of carbonyl (C=O) groups is 1. The Kier molecular flexibility index (Phi) is 3.27. The molecule has 1 heterocycles.